The number of pyridine rings is 1. The van der Waals surface area contributed by atoms with Crippen LogP contribution in [0.2, 0.25) is 0 Å². The zero-order valence-corrected chi connectivity index (χ0v) is 35.7. The SMILES string of the molecule is CCCCNP(=O)(OC[C@H]1O[C@@H](n2cnc3c(N)ccnc32)C[C@H]1O)O[C@@H]1C[C@H](n2cc(C)c(=O)[nH]c2=O)O[C@@H]1COP(=O)(S)O[C@@H]1C[C@H](n2ccc(N)nc2=O)O[C@@H]1CO. The van der Waals surface area contributed by atoms with Gasteiger partial charge in [-0.05, 0) is 25.5 Å². The number of fused-ring (bicyclic) bond motifs is 1. The van der Waals surface area contributed by atoms with E-state index in [2.05, 4.69) is 37.3 Å². The number of nitrogens with two attached hydrogens (primary N) is 2. The Morgan fingerprint density at radius 3 is 2.38 bits per heavy atom. The number of ether oxygens (including phenoxy) is 3. The number of aromatic nitrogens is 7. The maximum absolute atomic E-state index is 14.6. The number of nitrogens with zero attached hydrogens (tertiary/aromatic N) is 6. The van der Waals surface area contributed by atoms with Crippen molar-refractivity contribution in [2.75, 3.05) is 37.8 Å². The molecule has 3 fully saturated rings. The molecule has 0 radical (unpaired) electrons. The number of nitrogens with one attached hydrogen (secondary N) is 2. The molecule has 11 atom stereocenters. The lowest BCUT2D eigenvalue weighted by Gasteiger charge is -2.27. The standard InChI is InChI=1S/C34H48N10O14P2S/c1-3-4-7-39-59(50,52-15-24-20(46)10-27(55-24)44-17-38-30-19(35)5-8-37-31(30)44)57-22-12-29(43-13-18(2)32(47)41-34(43)49)56-25(22)16-53-60(51,61)58-21-11-28(54-23(21)14-45)42-9-6-26(36)40-33(42)48/h5-6,8-9,13,17,20-25,27-29,45-46H,3-4,7,10-12,14-16H2,1-2H3,(H2,35,37)(H,39,50)(H,51,61)(H2,36,40,48)(H,41,47,49)/t20-,21-,22-,23-,24-,25-,27-,28-,29-,59?,60?/m1/s1. The molecule has 0 aliphatic carbocycles. The van der Waals surface area contributed by atoms with Crippen molar-refractivity contribution in [2.24, 2.45) is 0 Å². The first-order chi connectivity index (χ1) is 29.1. The number of aliphatic hydroxyl groups excluding tert-OH is 2. The average Bonchev–Trinajstić information content (AvgIpc) is 4.00. The van der Waals surface area contributed by atoms with Crippen molar-refractivity contribution in [2.45, 2.75) is 101 Å². The van der Waals surface area contributed by atoms with Crippen molar-refractivity contribution < 1.29 is 51.6 Å². The minimum absolute atomic E-state index is 0.00210. The Kier molecular flexibility index (Phi) is 14.0. The topological polar surface area (TPSA) is 324 Å². The number of aliphatic hydroxyl groups is 2. The molecular formula is C34H48N10O14P2S. The molecule has 27 heteroatoms. The summed E-state index contributed by atoms with van der Waals surface area (Å²) in [5.41, 5.74) is 11.1. The van der Waals surface area contributed by atoms with E-state index in [4.69, 9.17) is 43.8 Å². The van der Waals surface area contributed by atoms with Crippen LogP contribution >= 0.6 is 26.8 Å². The summed E-state index contributed by atoms with van der Waals surface area (Å²) in [7, 11) is -4.31. The molecule has 0 saturated carbocycles. The molecule has 3 saturated heterocycles. The van der Waals surface area contributed by atoms with E-state index in [-0.39, 0.29) is 43.8 Å². The second-order valence-corrected chi connectivity index (χ2v) is 19.4. The molecule has 7 rings (SSSR count). The number of unbranched alkanes of at least 4 members (excludes halogenated alkanes) is 1. The Morgan fingerprint density at radius 1 is 0.951 bits per heavy atom. The number of hydrogen-bond donors (Lipinski definition) is 7. The summed E-state index contributed by atoms with van der Waals surface area (Å²) >= 11 is 4.16. The molecule has 24 nitrogen and oxygen atoms in total. The van der Waals surface area contributed by atoms with E-state index < -0.39 is 100 Å². The van der Waals surface area contributed by atoms with Crippen LogP contribution in [0, 0.1) is 6.92 Å². The summed E-state index contributed by atoms with van der Waals surface area (Å²) in [6, 6.07) is 3.00. The quantitative estimate of drug-likeness (QED) is 0.0420. The number of imidazole rings is 1. The highest BCUT2D eigenvalue weighted by Gasteiger charge is 2.46. The van der Waals surface area contributed by atoms with Crippen molar-refractivity contribution in [1.29, 1.82) is 0 Å². The molecule has 3 aliphatic heterocycles. The van der Waals surface area contributed by atoms with Crippen molar-refractivity contribution in [3.63, 3.8) is 0 Å². The molecule has 61 heavy (non-hydrogen) atoms. The van der Waals surface area contributed by atoms with Gasteiger partial charge in [0.05, 0.1) is 37.9 Å². The number of nitrogen functional groups attached to an aromatic ring is 2. The first-order valence-electron chi connectivity index (χ1n) is 19.4. The number of hydrogen-bond acceptors (Lipinski definition) is 19. The van der Waals surface area contributed by atoms with Gasteiger partial charge in [0.25, 0.3) is 5.56 Å². The van der Waals surface area contributed by atoms with Crippen LogP contribution in [-0.4, -0.2) is 107 Å². The van der Waals surface area contributed by atoms with Crippen LogP contribution in [0.5, 0.6) is 0 Å². The summed E-state index contributed by atoms with van der Waals surface area (Å²) in [5, 5.41) is 23.9. The molecule has 0 bridgehead atoms. The monoisotopic (exact) mass is 914 g/mol. The fraction of sp³-hybridized carbons (Fsp3) is 0.588. The third-order valence-electron chi connectivity index (χ3n) is 10.4. The molecule has 4 aromatic heterocycles. The molecule has 8 N–H and O–H groups in total. The van der Waals surface area contributed by atoms with Crippen LogP contribution in [0.3, 0.4) is 0 Å². The number of aromatic amines is 1. The fourth-order valence-corrected chi connectivity index (χ4v) is 10.3. The van der Waals surface area contributed by atoms with Gasteiger partial charge in [-0.3, -0.25) is 41.6 Å². The van der Waals surface area contributed by atoms with E-state index >= 15 is 0 Å². The van der Waals surface area contributed by atoms with E-state index in [1.54, 1.807) is 10.6 Å². The molecule has 0 spiro atoms. The number of anilines is 2. The molecule has 3 aliphatic rings. The number of thiol groups is 1. The van der Waals surface area contributed by atoms with Crippen molar-refractivity contribution in [3.05, 3.63) is 73.9 Å². The van der Waals surface area contributed by atoms with E-state index in [0.29, 0.717) is 23.3 Å². The number of rotatable bonds is 18. The smallest absolute Gasteiger partial charge is 0.397 e. The predicted molar refractivity (Wildman–Crippen MR) is 218 cm³/mol. The lowest BCUT2D eigenvalue weighted by atomic mass is 10.2. The largest absolute Gasteiger partial charge is 0.405 e. The maximum atomic E-state index is 14.6. The van der Waals surface area contributed by atoms with Crippen LogP contribution in [0.1, 0.15) is 63.3 Å². The first kappa shape index (κ1) is 45.2. The summed E-state index contributed by atoms with van der Waals surface area (Å²) in [6.45, 7) is -2.22. The van der Waals surface area contributed by atoms with Gasteiger partial charge in [-0.2, -0.15) is 4.98 Å². The summed E-state index contributed by atoms with van der Waals surface area (Å²) in [5.74, 6) is -0.00210. The van der Waals surface area contributed by atoms with Crippen LogP contribution in [-0.2, 0) is 41.4 Å². The molecule has 4 aromatic rings. The van der Waals surface area contributed by atoms with Gasteiger partial charge in [-0.25, -0.2) is 33.8 Å². The third kappa shape index (κ3) is 10.4. The summed E-state index contributed by atoms with van der Waals surface area (Å²) in [6.07, 6.45) is -2.33. The Balaban J connectivity index is 1.07. The van der Waals surface area contributed by atoms with Gasteiger partial charge >= 0.3 is 25.9 Å². The summed E-state index contributed by atoms with van der Waals surface area (Å²) < 4.78 is 73.8. The number of H-pyrrole nitrogens is 1. The van der Waals surface area contributed by atoms with Crippen LogP contribution in [0.15, 0.2) is 51.4 Å². The Bertz CT molecular complexity index is 2470. The normalized spacial score (nSPS) is 28.6. The maximum Gasteiger partial charge on any atom is 0.405 e. The van der Waals surface area contributed by atoms with Crippen LogP contribution in [0.25, 0.3) is 11.2 Å². The predicted octanol–water partition coefficient (Wildman–Crippen LogP) is 1.27. The lowest BCUT2D eigenvalue weighted by Crippen LogP contribution is -2.33. The van der Waals surface area contributed by atoms with Crippen molar-refractivity contribution >= 4 is 49.5 Å². The molecular weight excluding hydrogens is 866 g/mol. The van der Waals surface area contributed by atoms with Crippen LogP contribution < -0.4 is 33.5 Å². The van der Waals surface area contributed by atoms with E-state index in [1.807, 2.05) is 6.92 Å². The Morgan fingerprint density at radius 2 is 1.64 bits per heavy atom. The molecule has 7 heterocycles. The van der Waals surface area contributed by atoms with Gasteiger partial charge in [0.1, 0.15) is 60.5 Å². The summed E-state index contributed by atoms with van der Waals surface area (Å²) in [4.78, 5) is 52.1. The Hall–Kier alpha value is -3.81. The molecule has 2 unspecified atom stereocenters. The highest BCUT2D eigenvalue weighted by molar-refractivity contribution is 8.44. The van der Waals surface area contributed by atoms with E-state index in [9.17, 15) is 33.7 Å². The minimum Gasteiger partial charge on any atom is -0.397 e. The van der Waals surface area contributed by atoms with Gasteiger partial charge in [0.15, 0.2) is 5.65 Å². The van der Waals surface area contributed by atoms with Crippen molar-refractivity contribution in [1.82, 2.24) is 38.7 Å². The molecule has 0 amide bonds. The van der Waals surface area contributed by atoms with Gasteiger partial charge in [-0.15, -0.1) is 0 Å². The second-order valence-electron chi connectivity index (χ2n) is 14.7. The molecule has 334 valence electrons. The van der Waals surface area contributed by atoms with Gasteiger partial charge in [0.2, 0.25) is 0 Å². The van der Waals surface area contributed by atoms with Gasteiger partial charge in [0, 0.05) is 50.0 Å². The van der Waals surface area contributed by atoms with Gasteiger partial charge < -0.3 is 35.9 Å². The second kappa shape index (κ2) is 18.9. The highest BCUT2D eigenvalue weighted by atomic mass is 32.7. The fourth-order valence-electron chi connectivity index (χ4n) is 7.15. The minimum atomic E-state index is -4.33. The third-order valence-corrected chi connectivity index (χ3v) is 13.6. The van der Waals surface area contributed by atoms with Gasteiger partial charge in [-0.1, -0.05) is 25.6 Å². The zero-order valence-electron chi connectivity index (χ0n) is 33.0. The first-order valence-corrected chi connectivity index (χ1v) is 23.6. The highest BCUT2D eigenvalue weighted by Crippen LogP contribution is 2.57. The Labute approximate surface area is 352 Å². The average molecular weight is 915 g/mol. The van der Waals surface area contributed by atoms with E-state index in [1.165, 1.54) is 37.9 Å². The zero-order chi connectivity index (χ0) is 43.6. The lowest BCUT2D eigenvalue weighted by molar-refractivity contribution is -0.0537. The molecule has 0 aromatic carbocycles. The van der Waals surface area contributed by atoms with Crippen LogP contribution in [0.4, 0.5) is 11.5 Å². The number of aryl methyl sites for hydroxylation is 1. The van der Waals surface area contributed by atoms with E-state index in [0.717, 1.165) is 15.6 Å². The van der Waals surface area contributed by atoms with Crippen molar-refractivity contribution in [3.8, 4) is 0 Å².